The smallest absolute Gasteiger partial charge is 0.353 e. The number of halogens is 3. The van der Waals surface area contributed by atoms with Crippen molar-refractivity contribution < 1.29 is 13.2 Å². The van der Waals surface area contributed by atoms with Gasteiger partial charge in [0.2, 0.25) is 0 Å². The van der Waals surface area contributed by atoms with Crippen LogP contribution in [0, 0.1) is 0 Å². The van der Waals surface area contributed by atoms with Crippen LogP contribution in [0.15, 0.2) is 42.9 Å². The average molecular weight is 302 g/mol. The number of aromatic amines is 2. The summed E-state index contributed by atoms with van der Waals surface area (Å²) < 4.78 is 38.3. The standard InChI is InChI=1S/C15H9F3N4/c16-15(17,18)9-2-1-8-5-12(22-11(8)6-9)13-10-3-4-19-14(10)21-7-20-13/h1-7,22H,(H,19,20,21). The summed E-state index contributed by atoms with van der Waals surface area (Å²) in [5.41, 5.74) is 1.73. The van der Waals surface area contributed by atoms with Gasteiger partial charge in [-0.3, -0.25) is 0 Å². The van der Waals surface area contributed by atoms with E-state index in [1.807, 2.05) is 6.07 Å². The van der Waals surface area contributed by atoms with Crippen molar-refractivity contribution in [2.75, 3.05) is 0 Å². The van der Waals surface area contributed by atoms with Crippen LogP contribution in [0.3, 0.4) is 0 Å². The molecule has 0 aliphatic carbocycles. The first-order valence-corrected chi connectivity index (χ1v) is 6.51. The SMILES string of the molecule is FC(F)(F)c1ccc2cc(-c3ncnc4[nH]ccc34)[nH]c2c1. The molecule has 110 valence electrons. The van der Waals surface area contributed by atoms with Gasteiger partial charge in [0.05, 0.1) is 17.0 Å². The van der Waals surface area contributed by atoms with Crippen molar-refractivity contribution in [2.45, 2.75) is 6.18 Å². The minimum atomic E-state index is -4.36. The fraction of sp³-hybridized carbons (Fsp3) is 0.0667. The quantitative estimate of drug-likeness (QED) is 0.555. The fourth-order valence-electron chi connectivity index (χ4n) is 2.52. The molecule has 4 aromatic rings. The normalized spacial score (nSPS) is 12.3. The van der Waals surface area contributed by atoms with Crippen molar-refractivity contribution in [1.29, 1.82) is 0 Å². The molecular formula is C15H9F3N4. The maximum absolute atomic E-state index is 12.8. The van der Waals surface area contributed by atoms with E-state index < -0.39 is 11.7 Å². The van der Waals surface area contributed by atoms with Crippen LogP contribution in [0.2, 0.25) is 0 Å². The van der Waals surface area contributed by atoms with Crippen molar-refractivity contribution in [1.82, 2.24) is 19.9 Å². The van der Waals surface area contributed by atoms with Crippen LogP contribution in [-0.2, 0) is 6.18 Å². The van der Waals surface area contributed by atoms with Crippen LogP contribution in [0.25, 0.3) is 33.3 Å². The molecule has 0 saturated heterocycles. The highest BCUT2D eigenvalue weighted by Crippen LogP contribution is 2.33. The van der Waals surface area contributed by atoms with E-state index in [2.05, 4.69) is 19.9 Å². The Labute approximate surface area is 122 Å². The van der Waals surface area contributed by atoms with Gasteiger partial charge >= 0.3 is 6.18 Å². The second kappa shape index (κ2) is 4.33. The predicted octanol–water partition coefficient (Wildman–Crippen LogP) is 4.13. The molecule has 3 heterocycles. The van der Waals surface area contributed by atoms with Crippen molar-refractivity contribution in [3.8, 4) is 11.4 Å². The molecule has 0 unspecified atom stereocenters. The molecule has 0 atom stereocenters. The average Bonchev–Trinajstić information content (AvgIpc) is 3.11. The molecule has 0 aliphatic heterocycles. The lowest BCUT2D eigenvalue weighted by Gasteiger charge is -2.05. The van der Waals surface area contributed by atoms with Crippen LogP contribution in [0.4, 0.5) is 13.2 Å². The molecule has 22 heavy (non-hydrogen) atoms. The Morgan fingerprint density at radius 2 is 1.86 bits per heavy atom. The number of nitrogens with one attached hydrogen (secondary N) is 2. The molecule has 3 aromatic heterocycles. The van der Waals surface area contributed by atoms with Gasteiger partial charge in [-0.05, 0) is 24.3 Å². The number of hydrogen-bond acceptors (Lipinski definition) is 2. The summed E-state index contributed by atoms with van der Waals surface area (Å²) in [6.45, 7) is 0. The summed E-state index contributed by atoms with van der Waals surface area (Å²) in [4.78, 5) is 14.3. The summed E-state index contributed by atoms with van der Waals surface area (Å²) in [5, 5.41) is 1.51. The highest BCUT2D eigenvalue weighted by atomic mass is 19.4. The van der Waals surface area contributed by atoms with Gasteiger partial charge < -0.3 is 9.97 Å². The zero-order valence-corrected chi connectivity index (χ0v) is 11.1. The first-order valence-electron chi connectivity index (χ1n) is 6.51. The molecular weight excluding hydrogens is 293 g/mol. The highest BCUT2D eigenvalue weighted by molar-refractivity contribution is 5.94. The summed E-state index contributed by atoms with van der Waals surface area (Å²) in [7, 11) is 0. The van der Waals surface area contributed by atoms with E-state index in [1.54, 1.807) is 12.3 Å². The Balaban J connectivity index is 1.91. The van der Waals surface area contributed by atoms with Gasteiger partial charge in [0.15, 0.2) is 0 Å². The fourth-order valence-corrected chi connectivity index (χ4v) is 2.52. The second-order valence-electron chi connectivity index (χ2n) is 4.95. The number of H-pyrrole nitrogens is 2. The largest absolute Gasteiger partial charge is 0.416 e. The van der Waals surface area contributed by atoms with E-state index in [4.69, 9.17) is 0 Å². The van der Waals surface area contributed by atoms with Crippen LogP contribution >= 0.6 is 0 Å². The number of aromatic nitrogens is 4. The lowest BCUT2D eigenvalue weighted by Crippen LogP contribution is -2.03. The van der Waals surface area contributed by atoms with Crippen LogP contribution < -0.4 is 0 Å². The van der Waals surface area contributed by atoms with Gasteiger partial charge in [0, 0.05) is 22.5 Å². The molecule has 4 rings (SSSR count). The third-order valence-electron chi connectivity index (χ3n) is 3.56. The minimum Gasteiger partial charge on any atom is -0.353 e. The summed E-state index contributed by atoms with van der Waals surface area (Å²) in [6, 6.07) is 7.25. The Morgan fingerprint density at radius 1 is 1.00 bits per heavy atom. The van der Waals surface area contributed by atoms with Gasteiger partial charge in [0.1, 0.15) is 12.0 Å². The number of benzene rings is 1. The maximum atomic E-state index is 12.8. The summed E-state index contributed by atoms with van der Waals surface area (Å²) in [5.74, 6) is 0. The molecule has 0 fully saturated rings. The number of rotatable bonds is 1. The van der Waals surface area contributed by atoms with E-state index in [0.29, 0.717) is 27.9 Å². The number of alkyl halides is 3. The predicted molar refractivity (Wildman–Crippen MR) is 76.2 cm³/mol. The third-order valence-corrected chi connectivity index (χ3v) is 3.56. The molecule has 0 aliphatic rings. The molecule has 4 nitrogen and oxygen atoms in total. The Bertz CT molecular complexity index is 981. The number of hydrogen-bond donors (Lipinski definition) is 2. The van der Waals surface area contributed by atoms with Gasteiger partial charge in [-0.25, -0.2) is 9.97 Å². The van der Waals surface area contributed by atoms with Gasteiger partial charge in [-0.1, -0.05) is 6.07 Å². The van der Waals surface area contributed by atoms with E-state index >= 15 is 0 Å². The topological polar surface area (TPSA) is 57.4 Å². The number of fused-ring (bicyclic) bond motifs is 2. The van der Waals surface area contributed by atoms with Gasteiger partial charge in [-0.2, -0.15) is 13.2 Å². The van der Waals surface area contributed by atoms with E-state index in [9.17, 15) is 13.2 Å². The van der Waals surface area contributed by atoms with E-state index in [1.165, 1.54) is 12.4 Å². The van der Waals surface area contributed by atoms with E-state index in [0.717, 1.165) is 17.5 Å². The van der Waals surface area contributed by atoms with Crippen molar-refractivity contribution in [3.63, 3.8) is 0 Å². The van der Waals surface area contributed by atoms with Crippen LogP contribution in [0.5, 0.6) is 0 Å². The molecule has 0 bridgehead atoms. The van der Waals surface area contributed by atoms with E-state index in [-0.39, 0.29) is 0 Å². The molecule has 0 amide bonds. The second-order valence-corrected chi connectivity index (χ2v) is 4.95. The highest BCUT2D eigenvalue weighted by Gasteiger charge is 2.30. The maximum Gasteiger partial charge on any atom is 0.416 e. The molecule has 2 N–H and O–H groups in total. The zero-order chi connectivity index (χ0) is 15.3. The van der Waals surface area contributed by atoms with Crippen molar-refractivity contribution in [3.05, 3.63) is 48.4 Å². The molecule has 0 spiro atoms. The van der Waals surface area contributed by atoms with Crippen molar-refractivity contribution >= 4 is 21.9 Å². The third kappa shape index (κ3) is 1.93. The monoisotopic (exact) mass is 302 g/mol. The molecule has 0 radical (unpaired) electrons. The first-order chi connectivity index (χ1) is 10.5. The Kier molecular flexibility index (Phi) is 2.53. The van der Waals surface area contributed by atoms with Crippen molar-refractivity contribution in [2.24, 2.45) is 0 Å². The number of nitrogens with zero attached hydrogens (tertiary/aromatic N) is 2. The minimum absolute atomic E-state index is 0.423. The lowest BCUT2D eigenvalue weighted by molar-refractivity contribution is -0.137. The Morgan fingerprint density at radius 3 is 2.68 bits per heavy atom. The van der Waals surface area contributed by atoms with Gasteiger partial charge in [0.25, 0.3) is 0 Å². The molecule has 0 saturated carbocycles. The molecule has 7 heteroatoms. The van der Waals surface area contributed by atoms with Crippen LogP contribution in [-0.4, -0.2) is 19.9 Å². The summed E-state index contributed by atoms with van der Waals surface area (Å²) in [6.07, 6.45) is -1.20. The summed E-state index contributed by atoms with van der Waals surface area (Å²) >= 11 is 0. The lowest BCUT2D eigenvalue weighted by atomic mass is 10.1. The Hall–Kier alpha value is -2.83. The van der Waals surface area contributed by atoms with Gasteiger partial charge in [-0.15, -0.1) is 0 Å². The van der Waals surface area contributed by atoms with Crippen LogP contribution in [0.1, 0.15) is 5.56 Å². The first kappa shape index (κ1) is 12.9. The molecule has 1 aromatic carbocycles. The zero-order valence-electron chi connectivity index (χ0n) is 11.1.